The molecule has 0 aliphatic heterocycles. The van der Waals surface area contributed by atoms with Crippen LogP contribution < -0.4 is 10.9 Å². The van der Waals surface area contributed by atoms with Crippen molar-refractivity contribution in [2.75, 3.05) is 38.6 Å². The molecule has 2 N–H and O–H groups in total. The zero-order valence-electron chi connectivity index (χ0n) is 20.9. The molecular weight excluding hydrogens is 460 g/mol. The van der Waals surface area contributed by atoms with Crippen LogP contribution in [0.4, 0.5) is 5.69 Å². The Morgan fingerprint density at radius 2 is 1.83 bits per heavy atom. The molecule has 0 atom stereocenters. The molecule has 35 heavy (non-hydrogen) atoms. The molecule has 2 aromatic carbocycles. The molecule has 0 radical (unpaired) electrons. The fraction of sp³-hybridized carbons (Fsp3) is 0.370. The highest BCUT2D eigenvalue weighted by atomic mass is 32.1. The molecule has 7 nitrogen and oxygen atoms in total. The SMILES string of the molecule is CCN(CC)CCCN(Cc1cc2ccc(C)cc2[nH]c1=O)C(=S)Nc1ccccc1C(=O)OC. The van der Waals surface area contributed by atoms with Gasteiger partial charge in [0.05, 0.1) is 24.9 Å². The van der Waals surface area contributed by atoms with E-state index in [4.69, 9.17) is 17.0 Å². The second-order valence-corrected chi connectivity index (χ2v) is 8.87. The van der Waals surface area contributed by atoms with E-state index in [1.165, 1.54) is 7.11 Å². The van der Waals surface area contributed by atoms with Crippen LogP contribution in [0.1, 0.15) is 41.8 Å². The third-order valence-electron chi connectivity index (χ3n) is 6.10. The molecule has 1 aromatic heterocycles. The number of nitrogens with one attached hydrogen (secondary N) is 2. The van der Waals surface area contributed by atoms with Crippen molar-refractivity contribution in [3.63, 3.8) is 0 Å². The summed E-state index contributed by atoms with van der Waals surface area (Å²) in [5, 5.41) is 4.63. The number of benzene rings is 2. The third-order valence-corrected chi connectivity index (χ3v) is 6.46. The lowest BCUT2D eigenvalue weighted by molar-refractivity contribution is 0.0602. The van der Waals surface area contributed by atoms with Crippen LogP contribution in [0.3, 0.4) is 0 Å². The molecule has 0 saturated carbocycles. The summed E-state index contributed by atoms with van der Waals surface area (Å²) in [4.78, 5) is 32.5. The summed E-state index contributed by atoms with van der Waals surface area (Å²) in [6.45, 7) is 10.2. The van der Waals surface area contributed by atoms with E-state index in [1.54, 1.807) is 18.2 Å². The van der Waals surface area contributed by atoms with Crippen molar-refractivity contribution in [3.8, 4) is 0 Å². The smallest absolute Gasteiger partial charge is 0.339 e. The van der Waals surface area contributed by atoms with Gasteiger partial charge in [0.25, 0.3) is 5.56 Å². The minimum Gasteiger partial charge on any atom is -0.465 e. The Kier molecular flexibility index (Phi) is 9.39. The van der Waals surface area contributed by atoms with Crippen LogP contribution in [0.25, 0.3) is 10.9 Å². The Bertz CT molecular complexity index is 1240. The van der Waals surface area contributed by atoms with E-state index in [-0.39, 0.29) is 5.56 Å². The number of esters is 1. The van der Waals surface area contributed by atoms with Crippen molar-refractivity contribution in [1.82, 2.24) is 14.8 Å². The number of methoxy groups -OCH3 is 1. The number of rotatable bonds is 10. The predicted molar refractivity (Wildman–Crippen MR) is 146 cm³/mol. The molecule has 3 aromatic rings. The maximum absolute atomic E-state index is 12.9. The highest BCUT2D eigenvalue weighted by molar-refractivity contribution is 7.80. The number of aromatic amines is 1. The van der Waals surface area contributed by atoms with Crippen molar-refractivity contribution >= 4 is 39.9 Å². The first kappa shape index (κ1) is 26.4. The Morgan fingerprint density at radius 1 is 1.09 bits per heavy atom. The molecule has 0 unspecified atom stereocenters. The lowest BCUT2D eigenvalue weighted by Gasteiger charge is -2.27. The summed E-state index contributed by atoms with van der Waals surface area (Å²) >= 11 is 5.77. The van der Waals surface area contributed by atoms with Gasteiger partial charge in [0.1, 0.15) is 0 Å². The van der Waals surface area contributed by atoms with Gasteiger partial charge in [-0.2, -0.15) is 0 Å². The Labute approximate surface area is 212 Å². The number of pyridine rings is 1. The van der Waals surface area contributed by atoms with Gasteiger partial charge in [-0.1, -0.05) is 38.1 Å². The number of para-hydroxylation sites is 1. The minimum atomic E-state index is -0.440. The fourth-order valence-electron chi connectivity index (χ4n) is 4.03. The number of aromatic nitrogens is 1. The van der Waals surface area contributed by atoms with Crippen LogP contribution in [0.5, 0.6) is 0 Å². The minimum absolute atomic E-state index is 0.130. The molecule has 3 rings (SSSR count). The topological polar surface area (TPSA) is 77.7 Å². The van der Waals surface area contributed by atoms with Crippen molar-refractivity contribution < 1.29 is 9.53 Å². The molecule has 0 saturated heterocycles. The maximum atomic E-state index is 12.9. The quantitative estimate of drug-likeness (QED) is 0.316. The van der Waals surface area contributed by atoms with E-state index in [0.717, 1.165) is 42.5 Å². The average Bonchev–Trinajstić information content (AvgIpc) is 2.86. The summed E-state index contributed by atoms with van der Waals surface area (Å²) in [6.07, 6.45) is 0.882. The van der Waals surface area contributed by atoms with E-state index in [1.807, 2.05) is 42.2 Å². The number of anilines is 1. The summed E-state index contributed by atoms with van der Waals surface area (Å²) < 4.78 is 4.91. The number of hydrogen-bond acceptors (Lipinski definition) is 5. The largest absolute Gasteiger partial charge is 0.465 e. The van der Waals surface area contributed by atoms with Crippen LogP contribution >= 0.6 is 12.2 Å². The summed E-state index contributed by atoms with van der Waals surface area (Å²) in [7, 11) is 1.35. The van der Waals surface area contributed by atoms with Gasteiger partial charge in [-0.05, 0) is 80.4 Å². The van der Waals surface area contributed by atoms with Gasteiger partial charge in [0, 0.05) is 17.6 Å². The first-order valence-corrected chi connectivity index (χ1v) is 12.3. The predicted octanol–water partition coefficient (Wildman–Crippen LogP) is 4.55. The fourth-order valence-corrected chi connectivity index (χ4v) is 4.30. The average molecular weight is 495 g/mol. The van der Waals surface area contributed by atoms with Gasteiger partial charge in [0.15, 0.2) is 5.11 Å². The molecule has 0 bridgehead atoms. The van der Waals surface area contributed by atoms with Crippen LogP contribution in [0.15, 0.2) is 53.3 Å². The first-order valence-electron chi connectivity index (χ1n) is 11.9. The molecule has 186 valence electrons. The Hall–Kier alpha value is -3.23. The Balaban J connectivity index is 1.86. The van der Waals surface area contributed by atoms with Gasteiger partial charge in [-0.3, -0.25) is 4.79 Å². The number of aryl methyl sites for hydroxylation is 1. The second-order valence-electron chi connectivity index (χ2n) is 8.48. The summed E-state index contributed by atoms with van der Waals surface area (Å²) in [6, 6.07) is 15.0. The lowest BCUT2D eigenvalue weighted by atomic mass is 10.1. The summed E-state index contributed by atoms with van der Waals surface area (Å²) in [5.74, 6) is -0.440. The number of nitrogens with zero attached hydrogens (tertiary/aromatic N) is 2. The molecule has 8 heteroatoms. The third kappa shape index (κ3) is 6.90. The number of hydrogen-bond donors (Lipinski definition) is 2. The molecule has 0 amide bonds. The van der Waals surface area contributed by atoms with Crippen molar-refractivity contribution in [2.45, 2.75) is 33.7 Å². The van der Waals surface area contributed by atoms with E-state index < -0.39 is 5.97 Å². The van der Waals surface area contributed by atoms with Gasteiger partial charge < -0.3 is 24.8 Å². The lowest BCUT2D eigenvalue weighted by Crippen LogP contribution is -2.38. The number of H-pyrrole nitrogens is 1. The standard InChI is InChI=1S/C27H34N4O3S/c1-5-30(6-2)14-9-15-31(27(35)29-23-11-8-7-10-22(23)26(33)34-4)18-21-17-20-13-12-19(3)16-24(20)28-25(21)32/h7-8,10-13,16-17H,5-6,9,14-15,18H2,1-4H3,(H,28,32)(H,29,35). The number of thiocarbonyl (C=S) groups is 1. The van der Waals surface area contributed by atoms with E-state index in [9.17, 15) is 9.59 Å². The number of ether oxygens (including phenoxy) is 1. The Morgan fingerprint density at radius 3 is 2.54 bits per heavy atom. The number of fused-ring (bicyclic) bond motifs is 1. The second kappa shape index (κ2) is 12.5. The van der Waals surface area contributed by atoms with Gasteiger partial charge in [-0.15, -0.1) is 0 Å². The van der Waals surface area contributed by atoms with Crippen molar-refractivity contribution in [2.24, 2.45) is 0 Å². The molecule has 0 spiro atoms. The zero-order chi connectivity index (χ0) is 25.4. The zero-order valence-corrected chi connectivity index (χ0v) is 21.7. The number of carbonyl (C=O) groups excluding carboxylic acids is 1. The van der Waals surface area contributed by atoms with Crippen LogP contribution in [-0.2, 0) is 11.3 Å². The van der Waals surface area contributed by atoms with Crippen LogP contribution in [-0.4, -0.2) is 59.2 Å². The normalized spacial score (nSPS) is 11.0. The van der Waals surface area contributed by atoms with E-state index in [2.05, 4.69) is 29.0 Å². The molecule has 0 aliphatic rings. The highest BCUT2D eigenvalue weighted by Gasteiger charge is 2.17. The van der Waals surface area contributed by atoms with E-state index >= 15 is 0 Å². The molecule has 0 fully saturated rings. The van der Waals surface area contributed by atoms with Crippen LogP contribution in [0, 0.1) is 6.92 Å². The van der Waals surface area contributed by atoms with Crippen molar-refractivity contribution in [3.05, 3.63) is 75.6 Å². The van der Waals surface area contributed by atoms with Gasteiger partial charge in [-0.25, -0.2) is 4.79 Å². The molecule has 1 heterocycles. The number of carbonyl (C=O) groups is 1. The highest BCUT2D eigenvalue weighted by Crippen LogP contribution is 2.18. The van der Waals surface area contributed by atoms with E-state index in [0.29, 0.717) is 35.0 Å². The summed E-state index contributed by atoms with van der Waals surface area (Å²) in [5.41, 5.74) is 3.39. The molecular formula is C27H34N4O3S. The first-order chi connectivity index (χ1) is 16.9. The maximum Gasteiger partial charge on any atom is 0.339 e. The monoisotopic (exact) mass is 494 g/mol. The van der Waals surface area contributed by atoms with Gasteiger partial charge >= 0.3 is 5.97 Å². The van der Waals surface area contributed by atoms with Gasteiger partial charge in [0.2, 0.25) is 0 Å². The van der Waals surface area contributed by atoms with Crippen molar-refractivity contribution in [1.29, 1.82) is 0 Å². The van der Waals surface area contributed by atoms with Crippen LogP contribution in [0.2, 0.25) is 0 Å². The molecule has 0 aliphatic carbocycles.